The first-order valence-electron chi connectivity index (χ1n) is 11.8. The second kappa shape index (κ2) is 8.25. The van der Waals surface area contributed by atoms with Gasteiger partial charge in [-0.1, -0.05) is 20.3 Å². The van der Waals surface area contributed by atoms with Crippen molar-refractivity contribution in [3.8, 4) is 6.07 Å². The van der Waals surface area contributed by atoms with E-state index in [0.29, 0.717) is 5.78 Å². The molecule has 4 rings (SSSR count). The number of carbonyl (C=O) groups is 1. The molecule has 0 heterocycles. The molecule has 4 heteroatoms. The van der Waals surface area contributed by atoms with E-state index >= 15 is 0 Å². The first kappa shape index (κ1) is 20.6. The highest BCUT2D eigenvalue weighted by Crippen LogP contribution is 2.64. The van der Waals surface area contributed by atoms with Gasteiger partial charge in [-0.3, -0.25) is 4.79 Å². The van der Waals surface area contributed by atoms with Gasteiger partial charge in [0.15, 0.2) is 5.78 Å². The zero-order valence-electron chi connectivity index (χ0n) is 18.1. The van der Waals surface area contributed by atoms with E-state index in [9.17, 15) is 4.79 Å². The molecule has 0 aliphatic heterocycles. The second-order valence-corrected chi connectivity index (χ2v) is 10.7. The Labute approximate surface area is 176 Å². The van der Waals surface area contributed by atoms with Gasteiger partial charge in [-0.2, -0.15) is 5.26 Å². The first-order chi connectivity index (χ1) is 14.0. The molecule has 4 aliphatic carbocycles. The number of carbonyl (C=O) groups excluding carboxylic acids is 1. The monoisotopic (exact) mass is 395 g/mol. The zero-order valence-corrected chi connectivity index (χ0v) is 18.1. The molecule has 0 aromatic rings. The average Bonchev–Trinajstić information content (AvgIpc) is 3.08. The van der Waals surface area contributed by atoms with Crippen molar-refractivity contribution in [1.82, 2.24) is 5.32 Å². The second-order valence-electron chi connectivity index (χ2n) is 10.7. The lowest BCUT2D eigenvalue weighted by molar-refractivity contribution is -0.129. The third-order valence-corrected chi connectivity index (χ3v) is 9.42. The Bertz CT molecular complexity index is 722. The third-order valence-electron chi connectivity index (χ3n) is 9.42. The topological polar surface area (TPSA) is 76.7 Å². The highest BCUT2D eigenvalue weighted by Gasteiger charge is 2.58. The summed E-state index contributed by atoms with van der Waals surface area (Å²) in [5, 5.41) is 19.1. The molecule has 4 aliphatic rings. The van der Waals surface area contributed by atoms with Gasteiger partial charge in [0.1, 0.15) is 6.07 Å². The molecule has 0 aromatic heterocycles. The molecule has 4 fully saturated rings. The fraction of sp³-hybridized carbons (Fsp3) is 0.800. The van der Waals surface area contributed by atoms with Crippen LogP contribution in [-0.2, 0) is 4.79 Å². The molecule has 0 radical (unpaired) electrons. The van der Waals surface area contributed by atoms with Gasteiger partial charge in [-0.25, -0.2) is 0 Å². The van der Waals surface area contributed by atoms with Crippen LogP contribution < -0.4 is 5.32 Å². The summed E-state index contributed by atoms with van der Waals surface area (Å²) in [6.07, 6.45) is 14.5. The lowest BCUT2D eigenvalue weighted by Gasteiger charge is -2.56. The molecule has 0 bridgehead atoms. The zero-order chi connectivity index (χ0) is 20.6. The average molecular weight is 396 g/mol. The smallest absolute Gasteiger partial charge is 0.155 e. The number of nitrogens with zero attached hydrogens (tertiary/aromatic N) is 1. The largest absolute Gasteiger partial charge is 0.383 e. The first-order valence-corrected chi connectivity index (χ1v) is 11.8. The number of hydrogen-bond donors (Lipinski definition) is 2. The molecule has 4 saturated carbocycles. The van der Waals surface area contributed by atoms with Crippen LogP contribution in [0.2, 0.25) is 0 Å². The van der Waals surface area contributed by atoms with E-state index in [-0.39, 0.29) is 23.5 Å². The predicted molar refractivity (Wildman–Crippen MR) is 115 cm³/mol. The molecule has 0 spiro atoms. The van der Waals surface area contributed by atoms with Gasteiger partial charge in [-0.15, -0.1) is 0 Å². The summed E-state index contributed by atoms with van der Waals surface area (Å²) in [6, 6.07) is 1.95. The minimum absolute atomic E-state index is 0.156. The van der Waals surface area contributed by atoms with Gasteiger partial charge in [0, 0.05) is 18.3 Å². The highest BCUT2D eigenvalue weighted by molar-refractivity contribution is 5.85. The van der Waals surface area contributed by atoms with Crippen molar-refractivity contribution < 1.29 is 4.79 Å². The third kappa shape index (κ3) is 3.66. The summed E-state index contributed by atoms with van der Waals surface area (Å²) in [4.78, 5) is 13.1. The molecule has 29 heavy (non-hydrogen) atoms. The number of allylic oxidation sites excluding steroid dienone is 1. The van der Waals surface area contributed by atoms with Crippen molar-refractivity contribution in [3.63, 3.8) is 0 Å². The molecule has 0 saturated heterocycles. The standard InChI is InChI=1S/C25H37N3O/c1-16-3-5-19-18(11-16)4-6-21-20(19)9-10-25(2)22(21)7-8-23(25)24(29)15-28-14-17(12-26)13-27/h12,14,16,18-23,26,28H,3-11,15H2,1-2H3/b17-14+,26-12?/t16-,18+,19?,20?,21?,22?,23+,25-/m0/s1. The van der Waals surface area contributed by atoms with Crippen molar-refractivity contribution in [2.75, 3.05) is 6.54 Å². The minimum atomic E-state index is 0.156. The highest BCUT2D eigenvalue weighted by atomic mass is 16.1. The maximum Gasteiger partial charge on any atom is 0.155 e. The molecular formula is C25H37N3O. The van der Waals surface area contributed by atoms with Crippen LogP contribution in [0.1, 0.15) is 71.6 Å². The summed E-state index contributed by atoms with van der Waals surface area (Å²) < 4.78 is 0. The number of fused-ring (bicyclic) bond motifs is 5. The van der Waals surface area contributed by atoms with Crippen LogP contribution in [0, 0.1) is 63.6 Å². The number of hydrogen-bond acceptors (Lipinski definition) is 4. The lowest BCUT2D eigenvalue weighted by atomic mass is 9.49. The van der Waals surface area contributed by atoms with Crippen LogP contribution in [0.25, 0.3) is 0 Å². The SMILES string of the molecule is C[C@H]1CCC2C3CC[C@@]4(C)C(CC[C@@H]4C(=O)CN/C=C(/C#N)C=N)C3CC[C@@H]2C1. The summed E-state index contributed by atoms with van der Waals surface area (Å²) >= 11 is 0. The van der Waals surface area contributed by atoms with Crippen LogP contribution in [0.4, 0.5) is 0 Å². The van der Waals surface area contributed by atoms with Crippen LogP contribution in [0.15, 0.2) is 11.8 Å². The summed E-state index contributed by atoms with van der Waals surface area (Å²) in [5.74, 6) is 5.80. The van der Waals surface area contributed by atoms with Crippen molar-refractivity contribution in [1.29, 1.82) is 10.7 Å². The fourth-order valence-electron chi connectivity index (χ4n) is 8.11. The number of Topliss-reactive ketones (excluding diaryl/α,β-unsaturated/α-hetero) is 1. The van der Waals surface area contributed by atoms with Crippen molar-refractivity contribution in [2.24, 2.45) is 46.8 Å². The summed E-state index contributed by atoms with van der Waals surface area (Å²) in [6.45, 7) is 5.13. The fourth-order valence-corrected chi connectivity index (χ4v) is 8.11. The Balaban J connectivity index is 1.43. The number of ketones is 1. The van der Waals surface area contributed by atoms with Gasteiger partial charge in [-0.05, 0) is 92.3 Å². The summed E-state index contributed by atoms with van der Waals surface area (Å²) in [5.41, 5.74) is 0.422. The number of nitriles is 1. The van der Waals surface area contributed by atoms with Crippen LogP contribution >= 0.6 is 0 Å². The number of rotatable bonds is 5. The van der Waals surface area contributed by atoms with Crippen LogP contribution in [0.5, 0.6) is 0 Å². The van der Waals surface area contributed by atoms with E-state index in [0.717, 1.165) is 48.1 Å². The maximum atomic E-state index is 13.1. The van der Waals surface area contributed by atoms with Crippen LogP contribution in [-0.4, -0.2) is 18.5 Å². The molecule has 8 atom stereocenters. The van der Waals surface area contributed by atoms with Gasteiger partial charge in [0.2, 0.25) is 0 Å². The summed E-state index contributed by atoms with van der Waals surface area (Å²) in [7, 11) is 0. The van der Waals surface area contributed by atoms with Crippen LogP contribution in [0.3, 0.4) is 0 Å². The van der Waals surface area contributed by atoms with Gasteiger partial charge in [0.05, 0.1) is 12.1 Å². The maximum absolute atomic E-state index is 13.1. The van der Waals surface area contributed by atoms with Crippen molar-refractivity contribution in [2.45, 2.75) is 71.6 Å². The van der Waals surface area contributed by atoms with E-state index in [2.05, 4.69) is 19.2 Å². The van der Waals surface area contributed by atoms with Gasteiger partial charge in [0.25, 0.3) is 0 Å². The Kier molecular flexibility index (Phi) is 5.87. The van der Waals surface area contributed by atoms with Crippen molar-refractivity contribution in [3.05, 3.63) is 11.8 Å². The minimum Gasteiger partial charge on any atom is -0.383 e. The molecule has 4 unspecified atom stereocenters. The predicted octanol–water partition coefficient (Wildman–Crippen LogP) is 5.11. The molecule has 4 nitrogen and oxygen atoms in total. The molecule has 2 N–H and O–H groups in total. The number of nitrogens with one attached hydrogen (secondary N) is 2. The normalized spacial score (nSPS) is 44.0. The van der Waals surface area contributed by atoms with E-state index in [4.69, 9.17) is 10.7 Å². The van der Waals surface area contributed by atoms with E-state index in [1.807, 2.05) is 6.07 Å². The molecule has 0 aromatic carbocycles. The Hall–Kier alpha value is -1.63. The van der Waals surface area contributed by atoms with E-state index in [1.54, 1.807) is 0 Å². The molecule has 158 valence electrons. The van der Waals surface area contributed by atoms with Gasteiger partial charge < -0.3 is 10.7 Å². The Morgan fingerprint density at radius 1 is 1.14 bits per heavy atom. The lowest BCUT2D eigenvalue weighted by Crippen LogP contribution is -2.49. The van der Waals surface area contributed by atoms with Gasteiger partial charge >= 0.3 is 0 Å². The quantitative estimate of drug-likeness (QED) is 0.502. The molecular weight excluding hydrogens is 358 g/mol. The molecule has 0 amide bonds. The van der Waals surface area contributed by atoms with Crippen molar-refractivity contribution >= 4 is 12.0 Å². The Morgan fingerprint density at radius 3 is 2.69 bits per heavy atom. The Morgan fingerprint density at radius 2 is 1.93 bits per heavy atom. The van der Waals surface area contributed by atoms with E-state index in [1.165, 1.54) is 57.6 Å². The van der Waals surface area contributed by atoms with E-state index < -0.39 is 0 Å².